The minimum Gasteiger partial charge on any atom is -0.268 e. The van der Waals surface area contributed by atoms with Crippen LogP contribution in [0.2, 0.25) is 0 Å². The summed E-state index contributed by atoms with van der Waals surface area (Å²) in [4.78, 5) is 16.8. The third-order valence-corrected chi connectivity index (χ3v) is 6.66. The quantitative estimate of drug-likeness (QED) is 0.879. The molecule has 1 saturated carbocycles. The smallest absolute Gasteiger partial charge is 0.268 e. The zero-order valence-electron chi connectivity index (χ0n) is 14.3. The van der Waals surface area contributed by atoms with E-state index in [1.807, 2.05) is 6.92 Å². The van der Waals surface area contributed by atoms with Gasteiger partial charge >= 0.3 is 10.2 Å². The fraction of sp³-hybridized carbons (Fsp3) is 0.562. The predicted octanol–water partition coefficient (Wildman–Crippen LogP) is 1.05. The Kier molecular flexibility index (Phi) is 3.80. The third-order valence-electron chi connectivity index (χ3n) is 5.24. The van der Waals surface area contributed by atoms with Crippen LogP contribution in [0.5, 0.6) is 0 Å². The molecule has 1 aliphatic heterocycles. The first-order valence-corrected chi connectivity index (χ1v) is 9.93. The van der Waals surface area contributed by atoms with Crippen molar-refractivity contribution in [3.05, 3.63) is 29.2 Å². The second-order valence-electron chi connectivity index (χ2n) is 7.04. The second-order valence-corrected chi connectivity index (χ2v) is 8.71. The first-order valence-electron chi connectivity index (χ1n) is 8.49. The van der Waals surface area contributed by atoms with Crippen LogP contribution in [0.1, 0.15) is 41.0 Å². The average Bonchev–Trinajstić information content (AvgIpc) is 3.19. The van der Waals surface area contributed by atoms with E-state index in [0.717, 1.165) is 18.4 Å². The molecule has 2 aromatic heterocycles. The molecule has 1 saturated heterocycles. The van der Waals surface area contributed by atoms with Crippen molar-refractivity contribution < 1.29 is 13.2 Å². The Morgan fingerprint density at radius 3 is 2.60 bits per heavy atom. The molecule has 0 aromatic carbocycles. The lowest BCUT2D eigenvalue weighted by atomic mass is 10.0. The van der Waals surface area contributed by atoms with Crippen LogP contribution in [0.4, 0.5) is 0 Å². The summed E-state index contributed by atoms with van der Waals surface area (Å²) in [6.07, 6.45) is 4.83. The van der Waals surface area contributed by atoms with Gasteiger partial charge in [0.1, 0.15) is 5.82 Å². The Hall–Kier alpha value is -2.00. The van der Waals surface area contributed by atoms with Crippen LogP contribution in [-0.2, 0) is 10.2 Å². The number of amides is 1. The topological polar surface area (TPSA) is 96.7 Å². The van der Waals surface area contributed by atoms with Crippen molar-refractivity contribution in [1.29, 1.82) is 0 Å². The van der Waals surface area contributed by atoms with Gasteiger partial charge in [0.2, 0.25) is 0 Å². The number of rotatable bonds is 3. The Morgan fingerprint density at radius 1 is 1.24 bits per heavy atom. The highest BCUT2D eigenvalue weighted by molar-refractivity contribution is 7.87. The largest absolute Gasteiger partial charge is 0.304 e. The number of carbonyl (C=O) groups excluding carboxylic acids is 1. The average molecular weight is 363 g/mol. The lowest BCUT2D eigenvalue weighted by Crippen LogP contribution is -2.42. The highest BCUT2D eigenvalue weighted by Crippen LogP contribution is 2.38. The van der Waals surface area contributed by atoms with Crippen molar-refractivity contribution in [2.45, 2.75) is 33.1 Å². The SMILES string of the molecule is Cc1nc2c(C)cc(C(=O)NS(=O)(=O)N3C[C@H]4CCC[C@H]4C3)cn2n1. The third kappa shape index (κ3) is 2.91. The number of hydrogen-bond donors (Lipinski definition) is 1. The van der Waals surface area contributed by atoms with Gasteiger partial charge in [0, 0.05) is 19.3 Å². The number of hydrogen-bond acceptors (Lipinski definition) is 5. The van der Waals surface area contributed by atoms with E-state index in [0.29, 0.717) is 36.4 Å². The highest BCUT2D eigenvalue weighted by Gasteiger charge is 2.41. The van der Waals surface area contributed by atoms with Crippen LogP contribution in [0.25, 0.3) is 5.65 Å². The summed E-state index contributed by atoms with van der Waals surface area (Å²) < 4.78 is 30.2. The van der Waals surface area contributed by atoms with Crippen LogP contribution in [0, 0.1) is 25.7 Å². The molecule has 134 valence electrons. The molecule has 1 aliphatic carbocycles. The summed E-state index contributed by atoms with van der Waals surface area (Å²) >= 11 is 0. The predicted molar refractivity (Wildman–Crippen MR) is 91.3 cm³/mol. The Labute approximate surface area is 146 Å². The monoisotopic (exact) mass is 363 g/mol. The van der Waals surface area contributed by atoms with Gasteiger partial charge in [0.05, 0.1) is 5.56 Å². The lowest BCUT2D eigenvalue weighted by molar-refractivity contribution is 0.0978. The molecule has 0 bridgehead atoms. The molecule has 0 unspecified atom stereocenters. The standard InChI is InChI=1S/C16H21N5O3S/c1-10-6-14(9-21-15(10)17-11(2)18-21)16(22)19-25(23,24)20-7-12-4-3-5-13(12)8-20/h6,9,12-13H,3-5,7-8H2,1-2H3,(H,19,22)/t12-,13+. The van der Waals surface area contributed by atoms with Gasteiger partial charge in [-0.15, -0.1) is 0 Å². The van der Waals surface area contributed by atoms with E-state index in [9.17, 15) is 13.2 Å². The Balaban J connectivity index is 1.55. The highest BCUT2D eigenvalue weighted by atomic mass is 32.2. The summed E-state index contributed by atoms with van der Waals surface area (Å²) in [5, 5.41) is 4.20. The fourth-order valence-corrected chi connectivity index (χ4v) is 5.27. The molecule has 2 aromatic rings. The van der Waals surface area contributed by atoms with Crippen molar-refractivity contribution in [2.75, 3.05) is 13.1 Å². The van der Waals surface area contributed by atoms with Crippen molar-refractivity contribution in [3.63, 3.8) is 0 Å². The van der Waals surface area contributed by atoms with Gasteiger partial charge in [-0.2, -0.15) is 17.8 Å². The number of carbonyl (C=O) groups is 1. The number of nitrogens with zero attached hydrogens (tertiary/aromatic N) is 4. The van der Waals surface area contributed by atoms with E-state index in [2.05, 4.69) is 14.8 Å². The molecule has 1 N–H and O–H groups in total. The van der Waals surface area contributed by atoms with Crippen LogP contribution in [0.3, 0.4) is 0 Å². The van der Waals surface area contributed by atoms with Gasteiger partial charge in [-0.3, -0.25) is 4.79 Å². The van der Waals surface area contributed by atoms with Gasteiger partial charge in [-0.25, -0.2) is 14.2 Å². The minimum atomic E-state index is -3.82. The van der Waals surface area contributed by atoms with E-state index < -0.39 is 16.1 Å². The molecule has 0 radical (unpaired) electrons. The molecule has 0 spiro atoms. The van der Waals surface area contributed by atoms with Crippen molar-refractivity contribution in [1.82, 2.24) is 23.6 Å². The molecular weight excluding hydrogens is 342 g/mol. The number of fused-ring (bicyclic) bond motifs is 2. The Morgan fingerprint density at radius 2 is 1.92 bits per heavy atom. The number of aromatic nitrogens is 3. The Bertz CT molecular complexity index is 940. The zero-order valence-corrected chi connectivity index (χ0v) is 15.1. The van der Waals surface area contributed by atoms with E-state index >= 15 is 0 Å². The van der Waals surface area contributed by atoms with Crippen molar-refractivity contribution in [2.24, 2.45) is 11.8 Å². The maximum Gasteiger partial charge on any atom is 0.304 e. The molecule has 2 fully saturated rings. The summed E-state index contributed by atoms with van der Waals surface area (Å²) in [7, 11) is -3.82. The lowest BCUT2D eigenvalue weighted by Gasteiger charge is -2.17. The van der Waals surface area contributed by atoms with Crippen LogP contribution < -0.4 is 4.72 Å². The first-order chi connectivity index (χ1) is 11.8. The molecule has 3 heterocycles. The molecule has 25 heavy (non-hydrogen) atoms. The van der Waals surface area contributed by atoms with E-state index in [4.69, 9.17) is 0 Å². The zero-order chi connectivity index (χ0) is 17.8. The molecular formula is C16H21N5O3S. The maximum atomic E-state index is 12.6. The van der Waals surface area contributed by atoms with Gasteiger partial charge in [0.15, 0.2) is 5.65 Å². The van der Waals surface area contributed by atoms with Crippen molar-refractivity contribution in [3.8, 4) is 0 Å². The van der Waals surface area contributed by atoms with Gasteiger partial charge < -0.3 is 0 Å². The van der Waals surface area contributed by atoms with Crippen molar-refractivity contribution >= 4 is 21.8 Å². The summed E-state index contributed by atoms with van der Waals surface area (Å²) in [5.41, 5.74) is 1.67. The summed E-state index contributed by atoms with van der Waals surface area (Å²) in [6.45, 7) is 4.60. The molecule has 1 amide bonds. The normalized spacial score (nSPS) is 23.9. The molecule has 2 aliphatic rings. The van der Waals surface area contributed by atoms with E-state index in [1.165, 1.54) is 21.4 Å². The fourth-order valence-electron chi connectivity index (χ4n) is 4.01. The summed E-state index contributed by atoms with van der Waals surface area (Å²) in [6, 6.07) is 1.63. The van der Waals surface area contributed by atoms with E-state index in [1.54, 1.807) is 13.0 Å². The second kappa shape index (κ2) is 5.77. The number of pyridine rings is 1. The van der Waals surface area contributed by atoms with Crippen LogP contribution in [0.15, 0.2) is 12.3 Å². The molecule has 2 atom stereocenters. The number of nitrogens with one attached hydrogen (secondary N) is 1. The molecule has 8 nitrogen and oxygen atoms in total. The van der Waals surface area contributed by atoms with Crippen LogP contribution in [-0.4, -0.2) is 46.3 Å². The van der Waals surface area contributed by atoms with Gasteiger partial charge in [0.25, 0.3) is 5.91 Å². The first kappa shape index (κ1) is 16.5. The minimum absolute atomic E-state index is 0.248. The molecule has 4 rings (SSSR count). The maximum absolute atomic E-state index is 12.6. The van der Waals surface area contributed by atoms with E-state index in [-0.39, 0.29) is 5.56 Å². The number of aryl methyl sites for hydroxylation is 2. The summed E-state index contributed by atoms with van der Waals surface area (Å²) in [5.74, 6) is 0.818. The van der Waals surface area contributed by atoms with Gasteiger partial charge in [-0.1, -0.05) is 6.42 Å². The van der Waals surface area contributed by atoms with Gasteiger partial charge in [-0.05, 0) is 50.2 Å². The van der Waals surface area contributed by atoms with Crippen LogP contribution >= 0.6 is 0 Å². The molecule has 9 heteroatoms.